The van der Waals surface area contributed by atoms with Gasteiger partial charge in [0.1, 0.15) is 0 Å². The number of halogens is 2. The van der Waals surface area contributed by atoms with Crippen molar-refractivity contribution >= 4 is 37.4 Å². The molecule has 0 amide bonds. The van der Waals surface area contributed by atoms with Gasteiger partial charge in [-0.25, -0.2) is 0 Å². The summed E-state index contributed by atoms with van der Waals surface area (Å²) in [5.74, 6) is 1.61. The average molecular weight is 547 g/mol. The van der Waals surface area contributed by atoms with Crippen molar-refractivity contribution in [1.29, 1.82) is 0 Å². The van der Waals surface area contributed by atoms with Crippen LogP contribution in [0.15, 0.2) is 100 Å². The van der Waals surface area contributed by atoms with Crippen LogP contribution in [0.1, 0.15) is 39.7 Å². The van der Waals surface area contributed by atoms with Crippen LogP contribution in [0.25, 0.3) is 0 Å². The summed E-state index contributed by atoms with van der Waals surface area (Å²) in [6.45, 7) is 8.82. The van der Waals surface area contributed by atoms with Gasteiger partial charge < -0.3 is 0 Å². The molecule has 2 nitrogen and oxygen atoms in total. The number of methoxy groups -OCH3 is 1. The Kier molecular flexibility index (Phi) is 9.06. The average Bonchev–Trinajstić information content (AvgIpc) is 3.26. The van der Waals surface area contributed by atoms with E-state index in [-0.39, 0.29) is 30.2 Å². The molecule has 0 unspecified atom stereocenters. The molecule has 3 aromatic carbocycles. The van der Waals surface area contributed by atoms with Gasteiger partial charge in [0, 0.05) is 0 Å². The zero-order chi connectivity index (χ0) is 23.7. The fourth-order valence-corrected chi connectivity index (χ4v) is 13.2. The number of hydrogen-bond donors (Lipinski definition) is 0. The van der Waals surface area contributed by atoms with Crippen LogP contribution in [-0.2, 0) is 20.6 Å². The summed E-state index contributed by atoms with van der Waals surface area (Å²) in [5, 5.41) is 0. The van der Waals surface area contributed by atoms with Crippen molar-refractivity contribution in [2.75, 3.05) is 7.11 Å². The first-order valence-electron chi connectivity index (χ1n) is 11.6. The molecule has 186 valence electrons. The van der Waals surface area contributed by atoms with Crippen LogP contribution < -0.4 is 15.8 Å². The van der Waals surface area contributed by atoms with Gasteiger partial charge >= 0.3 is 200 Å². The van der Waals surface area contributed by atoms with Gasteiger partial charge in [0.2, 0.25) is 0 Å². The van der Waals surface area contributed by atoms with Gasteiger partial charge in [-0.2, -0.15) is 0 Å². The predicted octanol–water partition coefficient (Wildman–Crippen LogP) is 7.14. The molecule has 0 saturated heterocycles. The molecule has 5 heteroatoms. The summed E-state index contributed by atoms with van der Waals surface area (Å²) < 4.78 is 16.8. The Balaban J connectivity index is 0.00000216. The number of benzene rings is 3. The second kappa shape index (κ2) is 10.9. The predicted molar refractivity (Wildman–Crippen MR) is 153 cm³/mol. The summed E-state index contributed by atoms with van der Waals surface area (Å²) in [6, 6.07) is 27.6. The monoisotopic (exact) mass is 546 g/mol. The Hall–Kier alpha value is -2.10. The van der Waals surface area contributed by atoms with Crippen molar-refractivity contribution in [1.82, 2.24) is 0 Å². The molecule has 35 heavy (non-hydrogen) atoms. The standard InChI is InChI=1S/C11H16O2.C6H7.2C6H5.CH2.2ClH.Ti/c1-11(2,3)8-5-9(12)7-10(6-8)13-4;1-6-4-2-3-5-6;2*1-2-4-6-5-3-1;;;;/h5-7,12H,1-4H3;2,4H,3H2,1H3;2*1-5H;1H2;2*1H;/q;;;;;;;+1/p-1. The van der Waals surface area contributed by atoms with E-state index in [0.29, 0.717) is 0 Å². The molecule has 0 radical (unpaired) electrons. The molecule has 0 aromatic heterocycles. The molecule has 0 N–H and O–H groups in total. The SMILES string of the molecule is Cl.Cl.[CH2]=[Ti]([O]c1cc(OC)cc(C(C)(C)C)c1)([C]1=C(C)C=CC1)([c]1ccccc1)[c]1ccccc1. The minimum atomic E-state index is -4.50. The fourth-order valence-electron chi connectivity index (χ4n) is 4.97. The molecule has 4 rings (SSSR count). The molecule has 0 atom stereocenters. The second-order valence-corrected chi connectivity index (χ2v) is 17.4. The Morgan fingerprint density at radius 2 is 1.31 bits per heavy atom. The van der Waals surface area contributed by atoms with E-state index >= 15 is 0 Å². The van der Waals surface area contributed by atoms with Crippen molar-refractivity contribution in [2.45, 2.75) is 39.5 Å². The van der Waals surface area contributed by atoms with Crippen LogP contribution in [0, 0.1) is 0 Å². The summed E-state index contributed by atoms with van der Waals surface area (Å²) in [7, 11) is 1.71. The first-order valence-corrected chi connectivity index (χ1v) is 15.6. The van der Waals surface area contributed by atoms with Gasteiger partial charge in [0.25, 0.3) is 0 Å². The van der Waals surface area contributed by atoms with Crippen LogP contribution in [0.4, 0.5) is 0 Å². The van der Waals surface area contributed by atoms with E-state index in [9.17, 15) is 0 Å². The van der Waals surface area contributed by atoms with E-state index in [1.807, 2.05) is 6.07 Å². The molecule has 0 aliphatic heterocycles. The molecular weight excluding hydrogens is 511 g/mol. The minimum absolute atomic E-state index is 0. The normalized spacial score (nSPS) is 13.7. The summed E-state index contributed by atoms with van der Waals surface area (Å²) in [5.41, 5.74) is 2.39. The number of ether oxygens (including phenoxy) is 1. The summed E-state index contributed by atoms with van der Waals surface area (Å²) in [4.78, 5) is 5.15. The van der Waals surface area contributed by atoms with E-state index in [4.69, 9.17) is 12.9 Å². The Bertz CT molecular complexity index is 1240. The third-order valence-electron chi connectivity index (χ3n) is 6.90. The Morgan fingerprint density at radius 1 is 0.800 bits per heavy atom. The van der Waals surface area contributed by atoms with Crippen molar-refractivity contribution in [2.24, 2.45) is 0 Å². The maximum absolute atomic E-state index is 7.40. The molecule has 1 aliphatic rings. The first-order chi connectivity index (χ1) is 15.7. The van der Waals surface area contributed by atoms with E-state index in [2.05, 4.69) is 113 Å². The van der Waals surface area contributed by atoms with Gasteiger partial charge in [-0.1, -0.05) is 0 Å². The molecule has 0 saturated carbocycles. The van der Waals surface area contributed by atoms with Crippen LogP contribution in [-0.4, -0.2) is 11.9 Å². The molecule has 0 heterocycles. The van der Waals surface area contributed by atoms with Crippen LogP contribution in [0.5, 0.6) is 11.5 Å². The van der Waals surface area contributed by atoms with Gasteiger partial charge in [-0.05, 0) is 0 Å². The number of rotatable bonds is 6. The number of allylic oxidation sites excluding steroid dienone is 4. The maximum atomic E-state index is 7.40. The molecule has 0 fully saturated rings. The molecule has 3 aromatic rings. The van der Waals surface area contributed by atoms with E-state index < -0.39 is 15.2 Å². The van der Waals surface area contributed by atoms with Gasteiger partial charge in [0.15, 0.2) is 0 Å². The van der Waals surface area contributed by atoms with Crippen molar-refractivity contribution in [3.63, 3.8) is 0 Å². The van der Waals surface area contributed by atoms with Gasteiger partial charge in [-0.3, -0.25) is 0 Å². The second-order valence-electron chi connectivity index (χ2n) is 10.1. The zero-order valence-electron chi connectivity index (χ0n) is 21.2. The van der Waals surface area contributed by atoms with Crippen molar-refractivity contribution in [3.05, 3.63) is 106 Å². The van der Waals surface area contributed by atoms with Crippen molar-refractivity contribution < 1.29 is 23.3 Å². The Labute approximate surface area is 223 Å². The van der Waals surface area contributed by atoms with Crippen molar-refractivity contribution in [3.8, 4) is 11.5 Å². The van der Waals surface area contributed by atoms with Gasteiger partial charge in [-0.15, -0.1) is 24.8 Å². The third-order valence-corrected chi connectivity index (χ3v) is 15.8. The van der Waals surface area contributed by atoms with Gasteiger partial charge in [0.05, 0.1) is 0 Å². The quantitative estimate of drug-likeness (QED) is 0.306. The molecule has 0 spiro atoms. The zero-order valence-corrected chi connectivity index (χ0v) is 24.4. The molecule has 0 bridgehead atoms. The van der Waals surface area contributed by atoms with E-state index in [0.717, 1.165) is 17.9 Å². The Morgan fingerprint density at radius 3 is 1.74 bits per heavy atom. The molecule has 1 aliphatic carbocycles. The summed E-state index contributed by atoms with van der Waals surface area (Å²) in [6.07, 6.45) is 5.30. The van der Waals surface area contributed by atoms with E-state index in [1.54, 1.807) is 7.11 Å². The van der Waals surface area contributed by atoms with Crippen LogP contribution in [0.2, 0.25) is 0 Å². The topological polar surface area (TPSA) is 18.5 Å². The molecular formula is C30H36Cl2O2Ti. The fraction of sp³-hybridized carbons (Fsp3) is 0.233. The van der Waals surface area contributed by atoms with Crippen LogP contribution >= 0.6 is 24.8 Å². The first kappa shape index (κ1) is 29.1. The third kappa shape index (κ3) is 5.22. The van der Waals surface area contributed by atoms with E-state index in [1.165, 1.54) is 22.8 Å². The number of hydrogen-bond acceptors (Lipinski definition) is 2. The van der Waals surface area contributed by atoms with Crippen LogP contribution in [0.3, 0.4) is 0 Å². The summed E-state index contributed by atoms with van der Waals surface area (Å²) >= 11 is -4.50.